The summed E-state index contributed by atoms with van der Waals surface area (Å²) >= 11 is 6.39. The van der Waals surface area contributed by atoms with Crippen molar-refractivity contribution in [3.8, 4) is 11.8 Å². The Morgan fingerprint density at radius 3 is 2.43 bits per heavy atom. The van der Waals surface area contributed by atoms with Crippen LogP contribution in [-0.4, -0.2) is 100 Å². The zero-order chi connectivity index (χ0) is 45.3. The van der Waals surface area contributed by atoms with E-state index in [2.05, 4.69) is 60.5 Å². The molecule has 8 rings (SSSR count). The predicted octanol–water partition coefficient (Wildman–Crippen LogP) is 6.83. The number of ketones is 1. The summed E-state index contributed by atoms with van der Waals surface area (Å²) in [6.45, 7) is 5.04. The Morgan fingerprint density at radius 2 is 1.66 bits per heavy atom. The second kappa shape index (κ2) is 21.1. The number of ether oxygens (including phenoxy) is 1. The van der Waals surface area contributed by atoms with Crippen LogP contribution in [-0.2, 0) is 20.9 Å². The van der Waals surface area contributed by atoms with Crippen LogP contribution in [0.25, 0.3) is 0 Å². The number of Topliss-reactive ketones (excluding diaryl/α,β-unsaturated/α-hetero) is 1. The van der Waals surface area contributed by atoms with E-state index in [4.69, 9.17) is 16.3 Å². The average Bonchev–Trinajstić information content (AvgIpc) is 3.65. The number of rotatable bonds is 14. The molecule has 15 nitrogen and oxygen atoms in total. The van der Waals surface area contributed by atoms with E-state index >= 15 is 0 Å². The van der Waals surface area contributed by atoms with Crippen molar-refractivity contribution in [2.45, 2.75) is 95.3 Å². The van der Waals surface area contributed by atoms with Crippen LogP contribution in [0.5, 0.6) is 0 Å². The van der Waals surface area contributed by atoms with E-state index in [1.54, 1.807) is 29.2 Å². The minimum atomic E-state index is -0.652. The van der Waals surface area contributed by atoms with Crippen LogP contribution >= 0.6 is 11.6 Å². The molecular weight excluding hydrogens is 846 g/mol. The van der Waals surface area contributed by atoms with Gasteiger partial charge in [-0.3, -0.25) is 24.5 Å². The molecule has 1 unspecified atom stereocenters. The highest BCUT2D eigenvalue weighted by Gasteiger charge is 2.39. The van der Waals surface area contributed by atoms with Crippen molar-refractivity contribution < 1.29 is 28.7 Å². The van der Waals surface area contributed by atoms with Gasteiger partial charge in [0.2, 0.25) is 17.8 Å². The minimum absolute atomic E-state index is 0.0249. The summed E-state index contributed by atoms with van der Waals surface area (Å²) < 4.78 is 5.84. The van der Waals surface area contributed by atoms with Crippen LogP contribution in [0.3, 0.4) is 0 Å². The molecule has 4 aliphatic rings. The number of fused-ring (bicyclic) bond motifs is 1. The summed E-state index contributed by atoms with van der Waals surface area (Å²) in [6, 6.07) is 20.8. The Morgan fingerprint density at radius 1 is 0.892 bits per heavy atom. The van der Waals surface area contributed by atoms with Gasteiger partial charge in [0, 0.05) is 73.5 Å². The van der Waals surface area contributed by atoms with Gasteiger partial charge in [-0.15, -0.1) is 0 Å². The smallest absolute Gasteiger partial charge is 0.317 e. The summed E-state index contributed by atoms with van der Waals surface area (Å²) in [7, 11) is 0. The van der Waals surface area contributed by atoms with E-state index in [1.165, 1.54) is 18.7 Å². The molecule has 16 heteroatoms. The highest BCUT2D eigenvalue weighted by Crippen LogP contribution is 2.32. The molecule has 4 aromatic rings. The summed E-state index contributed by atoms with van der Waals surface area (Å²) in [6.07, 6.45) is 8.25. The van der Waals surface area contributed by atoms with E-state index in [-0.39, 0.29) is 36.1 Å². The van der Waals surface area contributed by atoms with E-state index in [1.807, 2.05) is 35.2 Å². The summed E-state index contributed by atoms with van der Waals surface area (Å²) in [5, 5.41) is 16.0. The molecule has 5 amide bonds. The predicted molar refractivity (Wildman–Crippen MR) is 247 cm³/mol. The van der Waals surface area contributed by atoms with Gasteiger partial charge in [0.05, 0.1) is 25.1 Å². The van der Waals surface area contributed by atoms with Gasteiger partial charge in [0.15, 0.2) is 11.6 Å². The van der Waals surface area contributed by atoms with Crippen LogP contribution in [0, 0.1) is 11.8 Å². The first-order valence-electron chi connectivity index (χ1n) is 22.5. The number of urea groups is 1. The zero-order valence-electron chi connectivity index (χ0n) is 36.5. The summed E-state index contributed by atoms with van der Waals surface area (Å²) in [5.74, 6) is 6.47. The molecule has 1 aliphatic carbocycles. The second-order valence-corrected chi connectivity index (χ2v) is 17.4. The lowest BCUT2D eigenvalue weighted by Gasteiger charge is -2.35. The maximum atomic E-state index is 13.2. The maximum absolute atomic E-state index is 13.2. The van der Waals surface area contributed by atoms with Gasteiger partial charge in [-0.2, -0.15) is 4.98 Å². The lowest BCUT2D eigenvalue weighted by Crippen LogP contribution is -2.52. The molecule has 0 radical (unpaired) electrons. The Hall–Kier alpha value is -6.34. The van der Waals surface area contributed by atoms with E-state index in [0.29, 0.717) is 91.3 Å². The molecule has 0 spiro atoms. The van der Waals surface area contributed by atoms with Crippen molar-refractivity contribution >= 4 is 64.3 Å². The maximum Gasteiger partial charge on any atom is 0.317 e. The Labute approximate surface area is 383 Å². The molecule has 0 bridgehead atoms. The standard InChI is InChI=1S/C49H54ClN9O6/c1-31(60)38-9-2-3-11-42(38)55-45-41(50)29-52-48(57-45)53-36-14-12-32(13-15-36)33-22-25-58(26-23-33)49(64)54-37-18-16-35(17-19-37)51-24-28-65-27-5-4-7-34-8-6-10-39-40(34)30-59(47(39)63)43-20-21-44(61)56-46(43)62/h2-3,6,8-15,29,33,35,37,43,51H,5,16-28,30H2,1H3,(H,54,64)(H,56,61,62)(H2,52,53,55,57)/t35-,37-,43?. The monoisotopic (exact) mass is 899 g/mol. The Kier molecular flexibility index (Phi) is 14.7. The zero-order valence-corrected chi connectivity index (χ0v) is 37.2. The number of carbonyl (C=O) groups is 5. The highest BCUT2D eigenvalue weighted by molar-refractivity contribution is 6.33. The van der Waals surface area contributed by atoms with Crippen molar-refractivity contribution in [1.29, 1.82) is 0 Å². The number of hydrogen-bond acceptors (Lipinski definition) is 11. The largest absolute Gasteiger partial charge is 0.379 e. The molecule has 1 atom stereocenters. The summed E-state index contributed by atoms with van der Waals surface area (Å²) in [5.41, 5.74) is 5.36. The van der Waals surface area contributed by atoms with Crippen molar-refractivity contribution in [2.24, 2.45) is 0 Å². The summed E-state index contributed by atoms with van der Waals surface area (Å²) in [4.78, 5) is 74.8. The number of likely N-dealkylation sites (tertiary alicyclic amines) is 1. The number of nitrogens with zero attached hydrogens (tertiary/aromatic N) is 4. The number of amides is 5. The van der Waals surface area contributed by atoms with E-state index in [9.17, 15) is 24.0 Å². The molecule has 3 aromatic carbocycles. The highest BCUT2D eigenvalue weighted by atomic mass is 35.5. The lowest BCUT2D eigenvalue weighted by molar-refractivity contribution is -0.136. The van der Waals surface area contributed by atoms with Crippen LogP contribution in [0.1, 0.15) is 108 Å². The third-order valence-corrected chi connectivity index (χ3v) is 12.9. The quantitative estimate of drug-likeness (QED) is 0.0387. The third kappa shape index (κ3) is 11.3. The van der Waals surface area contributed by atoms with Gasteiger partial charge in [-0.25, -0.2) is 9.78 Å². The Balaban J connectivity index is 0.694. The van der Waals surface area contributed by atoms with Crippen LogP contribution in [0.4, 0.5) is 27.9 Å². The minimum Gasteiger partial charge on any atom is -0.379 e. The molecular formula is C49H54ClN9O6. The molecule has 1 saturated carbocycles. The number of benzene rings is 3. The molecule has 4 heterocycles. The SMILES string of the molecule is CC(=O)c1ccccc1Nc1nc(Nc2ccc(C3CCN(C(=O)N[C@H]4CC[C@H](NCCOCCC#Cc5cccc6c5CN(C5CCC(=O)NC5=O)C6=O)CC4)CC3)cc2)ncc1Cl. The molecule has 1 aromatic heterocycles. The number of halogens is 1. The third-order valence-electron chi connectivity index (χ3n) is 12.6. The van der Waals surface area contributed by atoms with Crippen LogP contribution in [0.2, 0.25) is 5.02 Å². The lowest BCUT2D eigenvalue weighted by atomic mass is 9.89. The van der Waals surface area contributed by atoms with Crippen molar-refractivity contribution in [1.82, 2.24) is 35.7 Å². The Bertz CT molecular complexity index is 2470. The first-order chi connectivity index (χ1) is 31.6. The topological polar surface area (TPSA) is 187 Å². The fourth-order valence-corrected chi connectivity index (χ4v) is 9.19. The number of piperidine rings is 2. The van der Waals surface area contributed by atoms with Crippen molar-refractivity contribution in [2.75, 3.05) is 43.5 Å². The molecule has 3 aliphatic heterocycles. The van der Waals surface area contributed by atoms with E-state index < -0.39 is 11.9 Å². The van der Waals surface area contributed by atoms with Gasteiger partial charge in [-0.1, -0.05) is 53.8 Å². The fraction of sp³-hybridized carbons (Fsp3) is 0.408. The van der Waals surface area contributed by atoms with Gasteiger partial charge < -0.3 is 35.8 Å². The molecule has 338 valence electrons. The van der Waals surface area contributed by atoms with Crippen LogP contribution in [0.15, 0.2) is 72.9 Å². The second-order valence-electron chi connectivity index (χ2n) is 17.0. The molecule has 3 fully saturated rings. The average molecular weight is 900 g/mol. The molecule has 65 heavy (non-hydrogen) atoms. The van der Waals surface area contributed by atoms with Crippen molar-refractivity contribution in [3.63, 3.8) is 0 Å². The number of carbonyl (C=O) groups excluding carboxylic acids is 5. The van der Waals surface area contributed by atoms with Gasteiger partial charge in [0.25, 0.3) is 5.91 Å². The van der Waals surface area contributed by atoms with E-state index in [0.717, 1.165) is 61.9 Å². The number of aromatic nitrogens is 2. The van der Waals surface area contributed by atoms with Gasteiger partial charge in [-0.05, 0) is 105 Å². The molecule has 2 saturated heterocycles. The number of hydrogen-bond donors (Lipinski definition) is 5. The molecule has 5 N–H and O–H groups in total. The number of anilines is 4. The van der Waals surface area contributed by atoms with Crippen molar-refractivity contribution in [3.05, 3.63) is 106 Å². The number of imide groups is 1. The number of para-hydroxylation sites is 1. The van der Waals surface area contributed by atoms with Crippen LogP contribution < -0.4 is 26.6 Å². The first-order valence-corrected chi connectivity index (χ1v) is 22.9. The van der Waals surface area contributed by atoms with Gasteiger partial charge in [0.1, 0.15) is 11.1 Å². The fourth-order valence-electron chi connectivity index (χ4n) is 9.05. The number of nitrogens with one attached hydrogen (secondary N) is 5. The first kappa shape index (κ1) is 45.2. The normalized spacial score (nSPS) is 19.8. The van der Waals surface area contributed by atoms with Gasteiger partial charge >= 0.3 is 6.03 Å².